The maximum atomic E-state index is 11.7. The number of benzene rings is 2. The van der Waals surface area contributed by atoms with Crippen LogP contribution in [0.5, 0.6) is 0 Å². The summed E-state index contributed by atoms with van der Waals surface area (Å²) in [7, 11) is 0. The molecule has 0 amide bonds. The number of carboxylic acids is 1. The summed E-state index contributed by atoms with van der Waals surface area (Å²) < 4.78 is 1.74. The van der Waals surface area contributed by atoms with E-state index in [1.807, 2.05) is 44.2 Å². The van der Waals surface area contributed by atoms with E-state index in [2.05, 4.69) is 15.3 Å². The van der Waals surface area contributed by atoms with Crippen LogP contribution in [0.1, 0.15) is 21.6 Å². The lowest BCUT2D eigenvalue weighted by Gasteiger charge is -2.07. The Morgan fingerprint density at radius 2 is 1.85 bits per heavy atom. The average Bonchev–Trinajstić information content (AvgIpc) is 3.02. The first-order valence-electron chi connectivity index (χ1n) is 8.17. The summed E-state index contributed by atoms with van der Waals surface area (Å²) in [5, 5.41) is 18.7. The fourth-order valence-corrected chi connectivity index (χ4v) is 3.04. The van der Waals surface area contributed by atoms with E-state index in [0.717, 1.165) is 16.9 Å². The SMILES string of the molecule is Cc1cccc(-n2nnc(-c3cc(C(=O)O)c4ccccc4n3)c2C)c1. The molecule has 2 heterocycles. The van der Waals surface area contributed by atoms with Crippen molar-refractivity contribution in [2.45, 2.75) is 13.8 Å². The fraction of sp³-hybridized carbons (Fsp3) is 0.100. The lowest BCUT2D eigenvalue weighted by Crippen LogP contribution is -2.01. The van der Waals surface area contributed by atoms with Crippen LogP contribution in [-0.2, 0) is 0 Å². The van der Waals surface area contributed by atoms with Crippen LogP contribution in [0.2, 0.25) is 0 Å². The number of para-hydroxylation sites is 1. The van der Waals surface area contributed by atoms with Crippen molar-refractivity contribution in [1.82, 2.24) is 20.0 Å². The van der Waals surface area contributed by atoms with Gasteiger partial charge in [0.15, 0.2) is 0 Å². The van der Waals surface area contributed by atoms with Crippen LogP contribution >= 0.6 is 0 Å². The summed E-state index contributed by atoms with van der Waals surface area (Å²) in [4.78, 5) is 16.3. The average molecular weight is 344 g/mol. The van der Waals surface area contributed by atoms with Crippen molar-refractivity contribution in [1.29, 1.82) is 0 Å². The number of hydrogen-bond donors (Lipinski definition) is 1. The molecule has 6 nitrogen and oxygen atoms in total. The van der Waals surface area contributed by atoms with Crippen molar-refractivity contribution in [3.05, 3.63) is 71.4 Å². The third kappa shape index (κ3) is 2.61. The van der Waals surface area contributed by atoms with Crippen molar-refractivity contribution < 1.29 is 9.90 Å². The Bertz CT molecular complexity index is 1150. The van der Waals surface area contributed by atoms with Gasteiger partial charge in [0.1, 0.15) is 5.69 Å². The minimum absolute atomic E-state index is 0.204. The Hall–Kier alpha value is -3.54. The van der Waals surface area contributed by atoms with Gasteiger partial charge in [0.25, 0.3) is 0 Å². The van der Waals surface area contributed by atoms with Crippen LogP contribution in [0.3, 0.4) is 0 Å². The first-order valence-corrected chi connectivity index (χ1v) is 8.17. The Morgan fingerprint density at radius 1 is 1.04 bits per heavy atom. The van der Waals surface area contributed by atoms with Crippen LogP contribution in [0.15, 0.2) is 54.6 Å². The molecule has 0 bridgehead atoms. The van der Waals surface area contributed by atoms with Gasteiger partial charge in [-0.15, -0.1) is 5.10 Å². The quantitative estimate of drug-likeness (QED) is 0.611. The molecule has 4 aromatic rings. The van der Waals surface area contributed by atoms with Gasteiger partial charge in [0.05, 0.1) is 28.2 Å². The summed E-state index contributed by atoms with van der Waals surface area (Å²) in [5.74, 6) is -0.992. The molecule has 2 aromatic heterocycles. The van der Waals surface area contributed by atoms with Gasteiger partial charge in [-0.05, 0) is 43.7 Å². The predicted octanol–water partition coefficient (Wildman–Crippen LogP) is 3.80. The monoisotopic (exact) mass is 344 g/mol. The number of carboxylic acid groups (broad SMARTS) is 1. The van der Waals surface area contributed by atoms with Crippen LogP contribution < -0.4 is 0 Å². The van der Waals surface area contributed by atoms with Crippen molar-refractivity contribution in [3.63, 3.8) is 0 Å². The zero-order chi connectivity index (χ0) is 18.3. The standard InChI is InChI=1S/C20H16N4O2/c1-12-6-5-7-14(10-12)24-13(2)19(22-23-24)18-11-16(20(25)26)15-8-3-4-9-17(15)21-18/h3-11H,1-2H3,(H,25,26). The van der Waals surface area contributed by atoms with E-state index in [9.17, 15) is 9.90 Å². The molecule has 0 saturated heterocycles. The molecule has 26 heavy (non-hydrogen) atoms. The van der Waals surface area contributed by atoms with Gasteiger partial charge >= 0.3 is 5.97 Å². The number of pyridine rings is 1. The number of aromatic nitrogens is 4. The smallest absolute Gasteiger partial charge is 0.336 e. The molecule has 6 heteroatoms. The highest BCUT2D eigenvalue weighted by atomic mass is 16.4. The molecule has 2 aromatic carbocycles. The molecular weight excluding hydrogens is 328 g/mol. The maximum Gasteiger partial charge on any atom is 0.336 e. The van der Waals surface area contributed by atoms with Crippen molar-refractivity contribution in [3.8, 4) is 17.1 Å². The zero-order valence-electron chi connectivity index (χ0n) is 14.3. The molecule has 128 valence electrons. The summed E-state index contributed by atoms with van der Waals surface area (Å²) in [6.07, 6.45) is 0. The zero-order valence-corrected chi connectivity index (χ0v) is 14.3. The van der Waals surface area contributed by atoms with Crippen molar-refractivity contribution in [2.24, 2.45) is 0 Å². The molecule has 0 saturated carbocycles. The largest absolute Gasteiger partial charge is 0.478 e. The molecule has 0 spiro atoms. The molecule has 1 N–H and O–H groups in total. The number of aryl methyl sites for hydroxylation is 1. The van der Waals surface area contributed by atoms with Gasteiger partial charge in [0, 0.05) is 5.39 Å². The van der Waals surface area contributed by atoms with E-state index >= 15 is 0 Å². The van der Waals surface area contributed by atoms with Gasteiger partial charge in [0.2, 0.25) is 0 Å². The Balaban J connectivity index is 1.90. The Labute approximate surface area is 149 Å². The van der Waals surface area contributed by atoms with E-state index in [4.69, 9.17) is 0 Å². The van der Waals surface area contributed by atoms with Crippen LogP contribution in [-0.4, -0.2) is 31.1 Å². The second kappa shape index (κ2) is 6.07. The van der Waals surface area contributed by atoms with Gasteiger partial charge in [-0.1, -0.05) is 35.5 Å². The molecule has 0 unspecified atom stereocenters. The van der Waals surface area contributed by atoms with Gasteiger partial charge in [-0.3, -0.25) is 0 Å². The van der Waals surface area contributed by atoms with E-state index in [1.165, 1.54) is 0 Å². The minimum atomic E-state index is -0.992. The van der Waals surface area contributed by atoms with Gasteiger partial charge < -0.3 is 5.11 Å². The van der Waals surface area contributed by atoms with Crippen LogP contribution in [0.25, 0.3) is 28.0 Å². The maximum absolute atomic E-state index is 11.7. The minimum Gasteiger partial charge on any atom is -0.478 e. The number of hydrogen-bond acceptors (Lipinski definition) is 4. The normalized spacial score (nSPS) is 11.0. The highest BCUT2D eigenvalue weighted by molar-refractivity contribution is 6.03. The number of rotatable bonds is 3. The highest BCUT2D eigenvalue weighted by Crippen LogP contribution is 2.26. The first kappa shape index (κ1) is 16.0. The Morgan fingerprint density at radius 3 is 2.62 bits per heavy atom. The molecule has 4 rings (SSSR count). The topological polar surface area (TPSA) is 80.9 Å². The second-order valence-electron chi connectivity index (χ2n) is 6.15. The first-order chi connectivity index (χ1) is 12.5. The molecule has 0 radical (unpaired) electrons. The number of fused-ring (bicyclic) bond motifs is 1. The molecule has 0 aliphatic rings. The Kier molecular flexibility index (Phi) is 3.73. The fourth-order valence-electron chi connectivity index (χ4n) is 3.04. The summed E-state index contributed by atoms with van der Waals surface area (Å²) in [6, 6.07) is 16.7. The predicted molar refractivity (Wildman–Crippen MR) is 98.5 cm³/mol. The molecule has 0 fully saturated rings. The molecule has 0 aliphatic carbocycles. The van der Waals surface area contributed by atoms with Crippen LogP contribution in [0.4, 0.5) is 0 Å². The van der Waals surface area contributed by atoms with Gasteiger partial charge in [-0.25, -0.2) is 14.5 Å². The lowest BCUT2D eigenvalue weighted by atomic mass is 10.1. The van der Waals surface area contributed by atoms with E-state index in [1.54, 1.807) is 28.9 Å². The summed E-state index contributed by atoms with van der Waals surface area (Å²) >= 11 is 0. The van der Waals surface area contributed by atoms with Crippen molar-refractivity contribution >= 4 is 16.9 Å². The molecule has 0 aliphatic heterocycles. The van der Waals surface area contributed by atoms with Crippen molar-refractivity contribution in [2.75, 3.05) is 0 Å². The van der Waals surface area contributed by atoms with Crippen LogP contribution in [0, 0.1) is 13.8 Å². The number of carbonyl (C=O) groups is 1. The second-order valence-corrected chi connectivity index (χ2v) is 6.15. The van der Waals surface area contributed by atoms with E-state index < -0.39 is 5.97 Å². The van der Waals surface area contributed by atoms with Gasteiger partial charge in [-0.2, -0.15) is 0 Å². The lowest BCUT2D eigenvalue weighted by molar-refractivity contribution is 0.0699. The highest BCUT2D eigenvalue weighted by Gasteiger charge is 2.18. The third-order valence-corrected chi connectivity index (χ3v) is 4.33. The summed E-state index contributed by atoms with van der Waals surface area (Å²) in [5.41, 5.74) is 4.71. The number of aromatic carboxylic acids is 1. The summed E-state index contributed by atoms with van der Waals surface area (Å²) in [6.45, 7) is 3.91. The third-order valence-electron chi connectivity index (χ3n) is 4.33. The van der Waals surface area contributed by atoms with E-state index in [-0.39, 0.29) is 5.56 Å². The molecule has 0 atom stereocenters. The molecular formula is C20H16N4O2. The van der Waals surface area contributed by atoms with E-state index in [0.29, 0.717) is 22.3 Å². The number of nitrogens with zero attached hydrogens (tertiary/aromatic N) is 4.